The molecule has 1 saturated carbocycles. The Morgan fingerprint density at radius 1 is 1.14 bits per heavy atom. The molecule has 0 unspecified atom stereocenters. The van der Waals surface area contributed by atoms with Gasteiger partial charge < -0.3 is 14.8 Å². The van der Waals surface area contributed by atoms with Crippen molar-refractivity contribution >= 4 is 5.91 Å². The number of ether oxygens (including phenoxy) is 2. The quantitative estimate of drug-likeness (QED) is 0.832. The minimum Gasteiger partial charge on any atom is -0.347 e. The van der Waals surface area contributed by atoms with Gasteiger partial charge >= 0.3 is 0 Å². The molecule has 0 aromatic rings. The number of nitrogens with one attached hydrogen (secondary N) is 1. The molecule has 0 aromatic heterocycles. The second-order valence-corrected chi connectivity index (χ2v) is 6.33. The highest BCUT2D eigenvalue weighted by Gasteiger charge is 2.40. The molecule has 3 aliphatic rings. The smallest absolute Gasteiger partial charge is 0.235 e. The van der Waals surface area contributed by atoms with Crippen molar-refractivity contribution in [3.8, 4) is 6.07 Å². The van der Waals surface area contributed by atoms with Gasteiger partial charge in [-0.3, -0.25) is 9.69 Å². The molecular formula is C15H23N3O3. The Hall–Kier alpha value is -1.16. The molecule has 1 N–H and O–H groups in total. The SMILES string of the molecule is N#CC1(NC(=O)CN2CCC3(CC2)OCCO3)CCCC1. The summed E-state index contributed by atoms with van der Waals surface area (Å²) in [4.78, 5) is 14.3. The molecule has 1 spiro atoms. The number of hydrogen-bond acceptors (Lipinski definition) is 5. The van der Waals surface area contributed by atoms with Crippen LogP contribution in [0.1, 0.15) is 38.5 Å². The second-order valence-electron chi connectivity index (χ2n) is 6.33. The van der Waals surface area contributed by atoms with Crippen LogP contribution in [-0.4, -0.2) is 55.0 Å². The Labute approximate surface area is 125 Å². The molecular weight excluding hydrogens is 270 g/mol. The Morgan fingerprint density at radius 3 is 2.33 bits per heavy atom. The average Bonchev–Trinajstić information content (AvgIpc) is 3.12. The molecule has 6 nitrogen and oxygen atoms in total. The van der Waals surface area contributed by atoms with E-state index in [0.29, 0.717) is 19.8 Å². The highest BCUT2D eigenvalue weighted by Crippen LogP contribution is 2.31. The molecule has 1 aliphatic carbocycles. The van der Waals surface area contributed by atoms with E-state index in [4.69, 9.17) is 9.47 Å². The summed E-state index contributed by atoms with van der Waals surface area (Å²) >= 11 is 0. The van der Waals surface area contributed by atoms with Gasteiger partial charge in [-0.1, -0.05) is 0 Å². The summed E-state index contributed by atoms with van der Waals surface area (Å²) in [6.07, 6.45) is 5.22. The van der Waals surface area contributed by atoms with Gasteiger partial charge in [0.1, 0.15) is 5.54 Å². The lowest BCUT2D eigenvalue weighted by Gasteiger charge is -2.37. The number of nitrogens with zero attached hydrogens (tertiary/aromatic N) is 2. The van der Waals surface area contributed by atoms with Gasteiger partial charge in [-0.2, -0.15) is 5.26 Å². The molecule has 0 aromatic carbocycles. The summed E-state index contributed by atoms with van der Waals surface area (Å²) in [6, 6.07) is 2.29. The molecule has 21 heavy (non-hydrogen) atoms. The van der Waals surface area contributed by atoms with Gasteiger partial charge in [-0.05, 0) is 25.7 Å². The summed E-state index contributed by atoms with van der Waals surface area (Å²) in [6.45, 7) is 3.30. The van der Waals surface area contributed by atoms with Crippen molar-refractivity contribution in [1.29, 1.82) is 5.26 Å². The third-order valence-electron chi connectivity index (χ3n) is 4.85. The van der Waals surface area contributed by atoms with Crippen LogP contribution in [0.5, 0.6) is 0 Å². The molecule has 0 atom stereocenters. The van der Waals surface area contributed by atoms with Gasteiger partial charge in [-0.15, -0.1) is 0 Å². The van der Waals surface area contributed by atoms with E-state index in [1.165, 1.54) is 0 Å². The van der Waals surface area contributed by atoms with E-state index in [1.54, 1.807) is 0 Å². The molecule has 0 radical (unpaired) electrons. The lowest BCUT2D eigenvalue weighted by Crippen LogP contribution is -2.52. The van der Waals surface area contributed by atoms with Gasteiger partial charge in [0.15, 0.2) is 5.79 Å². The number of likely N-dealkylation sites (tertiary alicyclic amines) is 1. The van der Waals surface area contributed by atoms with Gasteiger partial charge in [0.25, 0.3) is 0 Å². The maximum Gasteiger partial charge on any atom is 0.235 e. The third-order valence-corrected chi connectivity index (χ3v) is 4.85. The van der Waals surface area contributed by atoms with E-state index in [1.807, 2.05) is 0 Å². The minimum atomic E-state index is -0.619. The third kappa shape index (κ3) is 3.20. The van der Waals surface area contributed by atoms with E-state index in [9.17, 15) is 10.1 Å². The maximum absolute atomic E-state index is 12.2. The average molecular weight is 293 g/mol. The Kier molecular flexibility index (Phi) is 4.16. The maximum atomic E-state index is 12.2. The summed E-state index contributed by atoms with van der Waals surface area (Å²) in [5.41, 5.74) is -0.619. The number of piperidine rings is 1. The predicted octanol–water partition coefficient (Wildman–Crippen LogP) is 0.778. The summed E-state index contributed by atoms with van der Waals surface area (Å²) in [5, 5.41) is 12.2. The molecule has 2 heterocycles. The monoisotopic (exact) mass is 293 g/mol. The van der Waals surface area contributed by atoms with E-state index in [0.717, 1.165) is 51.6 Å². The van der Waals surface area contributed by atoms with E-state index < -0.39 is 11.3 Å². The first kappa shape index (κ1) is 14.8. The largest absolute Gasteiger partial charge is 0.347 e. The topological polar surface area (TPSA) is 74.6 Å². The molecule has 2 saturated heterocycles. The number of hydrogen-bond donors (Lipinski definition) is 1. The zero-order valence-corrected chi connectivity index (χ0v) is 12.4. The highest BCUT2D eigenvalue weighted by atomic mass is 16.7. The summed E-state index contributed by atoms with van der Waals surface area (Å²) in [5.74, 6) is -0.436. The van der Waals surface area contributed by atoms with Crippen LogP contribution in [0, 0.1) is 11.3 Å². The van der Waals surface area contributed by atoms with Crippen molar-refractivity contribution in [2.24, 2.45) is 0 Å². The predicted molar refractivity (Wildman–Crippen MR) is 75.3 cm³/mol. The molecule has 3 rings (SSSR count). The van der Waals surface area contributed by atoms with Crippen molar-refractivity contribution in [3.63, 3.8) is 0 Å². The van der Waals surface area contributed by atoms with Gasteiger partial charge in [0, 0.05) is 25.9 Å². The van der Waals surface area contributed by atoms with Crippen molar-refractivity contribution in [3.05, 3.63) is 0 Å². The van der Waals surface area contributed by atoms with E-state index in [2.05, 4.69) is 16.3 Å². The Balaban J connectivity index is 1.47. The zero-order chi connectivity index (χ0) is 14.8. The van der Waals surface area contributed by atoms with Gasteiger partial charge in [0.05, 0.1) is 25.8 Å². The lowest BCUT2D eigenvalue weighted by molar-refractivity contribution is -0.185. The van der Waals surface area contributed by atoms with Crippen LogP contribution >= 0.6 is 0 Å². The summed E-state index contributed by atoms with van der Waals surface area (Å²) in [7, 11) is 0. The van der Waals surface area contributed by atoms with Gasteiger partial charge in [0.2, 0.25) is 5.91 Å². The first-order chi connectivity index (χ1) is 10.2. The van der Waals surface area contributed by atoms with Crippen LogP contribution in [-0.2, 0) is 14.3 Å². The van der Waals surface area contributed by atoms with Crippen LogP contribution < -0.4 is 5.32 Å². The molecule has 2 aliphatic heterocycles. The van der Waals surface area contributed by atoms with Crippen molar-refractivity contribution in [1.82, 2.24) is 10.2 Å². The molecule has 3 fully saturated rings. The van der Waals surface area contributed by atoms with Crippen molar-refractivity contribution in [2.45, 2.75) is 49.9 Å². The molecule has 116 valence electrons. The fourth-order valence-corrected chi connectivity index (χ4v) is 3.59. The van der Waals surface area contributed by atoms with Crippen LogP contribution in [0.4, 0.5) is 0 Å². The minimum absolute atomic E-state index is 0.0392. The van der Waals surface area contributed by atoms with Crippen molar-refractivity contribution < 1.29 is 14.3 Å². The standard InChI is InChI=1S/C15H23N3O3/c16-12-14(3-1-2-4-14)17-13(19)11-18-7-5-15(6-8-18)20-9-10-21-15/h1-11H2,(H,17,19). The number of amides is 1. The number of carbonyl (C=O) groups is 1. The molecule has 0 bridgehead atoms. The molecule has 1 amide bonds. The summed E-state index contributed by atoms with van der Waals surface area (Å²) < 4.78 is 11.4. The van der Waals surface area contributed by atoms with Crippen LogP contribution in [0.15, 0.2) is 0 Å². The number of rotatable bonds is 3. The number of carbonyl (C=O) groups excluding carboxylic acids is 1. The normalized spacial score (nSPS) is 27.6. The van der Waals surface area contributed by atoms with Crippen LogP contribution in [0.3, 0.4) is 0 Å². The fraction of sp³-hybridized carbons (Fsp3) is 0.867. The fourth-order valence-electron chi connectivity index (χ4n) is 3.59. The van der Waals surface area contributed by atoms with Gasteiger partial charge in [-0.25, -0.2) is 0 Å². The van der Waals surface area contributed by atoms with Crippen LogP contribution in [0.2, 0.25) is 0 Å². The van der Waals surface area contributed by atoms with E-state index >= 15 is 0 Å². The second kappa shape index (κ2) is 5.91. The van der Waals surface area contributed by atoms with Crippen LogP contribution in [0.25, 0.3) is 0 Å². The number of nitriles is 1. The Morgan fingerprint density at radius 2 is 1.76 bits per heavy atom. The Bertz CT molecular complexity index is 424. The van der Waals surface area contributed by atoms with Crippen molar-refractivity contribution in [2.75, 3.05) is 32.8 Å². The highest BCUT2D eigenvalue weighted by molar-refractivity contribution is 5.79. The first-order valence-corrected chi connectivity index (χ1v) is 7.88. The lowest BCUT2D eigenvalue weighted by atomic mass is 9.99. The van der Waals surface area contributed by atoms with E-state index in [-0.39, 0.29) is 5.91 Å². The molecule has 6 heteroatoms. The zero-order valence-electron chi connectivity index (χ0n) is 12.4. The first-order valence-electron chi connectivity index (χ1n) is 7.88.